The van der Waals surface area contributed by atoms with E-state index < -0.39 is 5.60 Å². The summed E-state index contributed by atoms with van der Waals surface area (Å²) in [6.45, 7) is 0. The lowest BCUT2D eigenvalue weighted by molar-refractivity contribution is 0.130. The van der Waals surface area contributed by atoms with Gasteiger partial charge in [-0.15, -0.1) is 0 Å². The predicted octanol–water partition coefficient (Wildman–Crippen LogP) is 7.95. The van der Waals surface area contributed by atoms with Gasteiger partial charge in [0.1, 0.15) is 5.60 Å². The van der Waals surface area contributed by atoms with Crippen molar-refractivity contribution in [2.24, 2.45) is 0 Å². The molecule has 2 heteroatoms. The van der Waals surface area contributed by atoms with E-state index in [4.69, 9.17) is 0 Å². The molecule has 1 N–H and O–H groups in total. The molecule has 0 aliphatic heterocycles. The molecule has 1 nitrogen and oxygen atoms in total. The largest absolute Gasteiger partial charge is 0.376 e. The summed E-state index contributed by atoms with van der Waals surface area (Å²) < 4.78 is 1.02. The van der Waals surface area contributed by atoms with Gasteiger partial charge >= 0.3 is 0 Å². The van der Waals surface area contributed by atoms with Gasteiger partial charge in [0.05, 0.1) is 0 Å². The minimum atomic E-state index is -1.24. The average molecular weight is 501 g/mol. The minimum absolute atomic E-state index is 0.835. The van der Waals surface area contributed by atoms with E-state index in [0.29, 0.717) is 0 Å². The van der Waals surface area contributed by atoms with Crippen LogP contribution >= 0.6 is 15.9 Å². The zero-order valence-electron chi connectivity index (χ0n) is 18.4. The molecule has 1 atom stereocenters. The smallest absolute Gasteiger partial charge is 0.142 e. The molecule has 0 spiro atoms. The maximum Gasteiger partial charge on any atom is 0.142 e. The van der Waals surface area contributed by atoms with Crippen LogP contribution in [0.4, 0.5) is 0 Å². The third kappa shape index (κ3) is 2.58. The maximum atomic E-state index is 12.9. The van der Waals surface area contributed by atoms with Crippen molar-refractivity contribution in [3.05, 3.63) is 141 Å². The van der Waals surface area contributed by atoms with Crippen LogP contribution in [0, 0.1) is 0 Å². The molecule has 2 aliphatic carbocycles. The fraction of sp³-hybridized carbons (Fsp3) is 0.0625. The third-order valence-electron chi connectivity index (χ3n) is 7.44. The fourth-order valence-corrected chi connectivity index (χ4v) is 6.51. The second-order valence-corrected chi connectivity index (χ2v) is 9.98. The Morgan fingerprint density at radius 1 is 0.529 bits per heavy atom. The van der Waals surface area contributed by atoms with Gasteiger partial charge in [0.15, 0.2) is 0 Å². The fourth-order valence-electron chi connectivity index (χ4n) is 6.01. The highest BCUT2D eigenvalue weighted by molar-refractivity contribution is 9.10. The lowest BCUT2D eigenvalue weighted by Gasteiger charge is -2.31. The molecule has 0 radical (unpaired) electrons. The van der Waals surface area contributed by atoms with Crippen LogP contribution in [-0.2, 0) is 12.0 Å². The van der Waals surface area contributed by atoms with Crippen LogP contribution in [0.15, 0.2) is 114 Å². The van der Waals surface area contributed by atoms with Crippen molar-refractivity contribution in [3.8, 4) is 33.4 Å². The number of halogens is 1. The van der Waals surface area contributed by atoms with Crippen molar-refractivity contribution in [2.45, 2.75) is 12.0 Å². The zero-order valence-corrected chi connectivity index (χ0v) is 20.0. The lowest BCUT2D eigenvalue weighted by atomic mass is 9.78. The molecular weight excluding hydrogens is 480 g/mol. The van der Waals surface area contributed by atoms with E-state index >= 15 is 0 Å². The molecule has 7 rings (SSSR count). The summed E-state index contributed by atoms with van der Waals surface area (Å²) in [6, 6.07) is 37.9. The van der Waals surface area contributed by atoms with E-state index in [1.165, 1.54) is 22.3 Å². The Kier molecular flexibility index (Phi) is 4.27. The van der Waals surface area contributed by atoms with Gasteiger partial charge in [0, 0.05) is 21.2 Å². The summed E-state index contributed by atoms with van der Waals surface area (Å²) in [5.74, 6) is 0. The average Bonchev–Trinajstić information content (AvgIpc) is 3.38. The highest BCUT2D eigenvalue weighted by atomic mass is 79.9. The van der Waals surface area contributed by atoms with Crippen molar-refractivity contribution < 1.29 is 5.11 Å². The van der Waals surface area contributed by atoms with Crippen LogP contribution in [0.25, 0.3) is 33.4 Å². The first kappa shape index (κ1) is 20.0. The second kappa shape index (κ2) is 7.27. The summed E-state index contributed by atoms with van der Waals surface area (Å²) in [5, 5.41) is 12.9. The molecule has 2 aliphatic rings. The van der Waals surface area contributed by atoms with Crippen LogP contribution in [0.3, 0.4) is 0 Å². The number of rotatable bonds is 2. The summed E-state index contributed by atoms with van der Waals surface area (Å²) in [4.78, 5) is 0. The zero-order chi connectivity index (χ0) is 22.9. The number of hydrogen-bond donors (Lipinski definition) is 1. The first-order chi connectivity index (χ1) is 16.7. The maximum absolute atomic E-state index is 12.9. The van der Waals surface area contributed by atoms with Gasteiger partial charge in [-0.3, -0.25) is 0 Å². The van der Waals surface area contributed by atoms with Gasteiger partial charge in [-0.25, -0.2) is 0 Å². The van der Waals surface area contributed by atoms with Crippen LogP contribution in [0.1, 0.15) is 27.8 Å². The standard InChI is InChI=1S/C32H21BrO/c33-30-16-8-5-13-25(30)23-11-3-6-14-28(23)32(34)29-15-7-4-12-24(29)26-18-17-22-21-10-2-1-9-20(21)19-27(22)31(26)32/h1-18,34H,19H2. The van der Waals surface area contributed by atoms with Gasteiger partial charge in [-0.05, 0) is 57.0 Å². The topological polar surface area (TPSA) is 20.2 Å². The normalized spacial score (nSPS) is 17.1. The van der Waals surface area contributed by atoms with Crippen molar-refractivity contribution in [1.29, 1.82) is 0 Å². The molecule has 34 heavy (non-hydrogen) atoms. The Morgan fingerprint density at radius 2 is 1.06 bits per heavy atom. The van der Waals surface area contributed by atoms with Gasteiger partial charge in [0.2, 0.25) is 0 Å². The molecule has 0 aromatic heterocycles. The molecule has 0 saturated heterocycles. The first-order valence-corrected chi connectivity index (χ1v) is 12.4. The number of hydrogen-bond acceptors (Lipinski definition) is 1. The minimum Gasteiger partial charge on any atom is -0.376 e. The van der Waals surface area contributed by atoms with Gasteiger partial charge < -0.3 is 5.11 Å². The Hall–Kier alpha value is -3.46. The van der Waals surface area contributed by atoms with Crippen molar-refractivity contribution in [3.63, 3.8) is 0 Å². The molecule has 5 aromatic rings. The summed E-state index contributed by atoms with van der Waals surface area (Å²) in [6.07, 6.45) is 0.835. The highest BCUT2D eigenvalue weighted by Gasteiger charge is 2.47. The summed E-state index contributed by atoms with van der Waals surface area (Å²) in [5.41, 5.74) is 11.1. The van der Waals surface area contributed by atoms with E-state index in [-0.39, 0.29) is 0 Å². The molecule has 0 heterocycles. The van der Waals surface area contributed by atoms with Crippen molar-refractivity contribution in [2.75, 3.05) is 0 Å². The number of fused-ring (bicyclic) bond motifs is 7. The van der Waals surface area contributed by atoms with E-state index in [1.54, 1.807) is 0 Å². The Labute approximate surface area is 207 Å². The lowest BCUT2D eigenvalue weighted by Crippen LogP contribution is -2.28. The third-order valence-corrected chi connectivity index (χ3v) is 8.13. The van der Waals surface area contributed by atoms with E-state index in [1.807, 2.05) is 24.3 Å². The van der Waals surface area contributed by atoms with Crippen LogP contribution in [-0.4, -0.2) is 5.11 Å². The first-order valence-electron chi connectivity index (χ1n) is 11.6. The second-order valence-electron chi connectivity index (χ2n) is 9.13. The molecule has 162 valence electrons. The van der Waals surface area contributed by atoms with E-state index in [0.717, 1.165) is 49.8 Å². The summed E-state index contributed by atoms with van der Waals surface area (Å²) in [7, 11) is 0. The molecule has 0 fully saturated rings. The molecule has 1 unspecified atom stereocenters. The quantitative estimate of drug-likeness (QED) is 0.255. The van der Waals surface area contributed by atoms with Crippen molar-refractivity contribution >= 4 is 15.9 Å². The van der Waals surface area contributed by atoms with Gasteiger partial charge in [0.25, 0.3) is 0 Å². The number of benzene rings is 5. The Balaban J connectivity index is 1.57. The van der Waals surface area contributed by atoms with E-state index in [2.05, 4.69) is 101 Å². The molecule has 0 saturated carbocycles. The SMILES string of the molecule is OC1(c2ccccc2-c2ccccc2Br)c2ccccc2-c2ccc3c(c21)Cc1ccccc1-3. The molecular formula is C32H21BrO. The Bertz CT molecular complexity index is 1620. The van der Waals surface area contributed by atoms with E-state index in [9.17, 15) is 5.11 Å². The monoisotopic (exact) mass is 500 g/mol. The molecule has 0 amide bonds. The highest BCUT2D eigenvalue weighted by Crippen LogP contribution is 2.57. The predicted molar refractivity (Wildman–Crippen MR) is 142 cm³/mol. The van der Waals surface area contributed by atoms with Crippen LogP contribution < -0.4 is 0 Å². The van der Waals surface area contributed by atoms with Crippen molar-refractivity contribution in [1.82, 2.24) is 0 Å². The Morgan fingerprint density at radius 3 is 1.76 bits per heavy atom. The summed E-state index contributed by atoms with van der Waals surface area (Å²) >= 11 is 3.74. The van der Waals surface area contributed by atoms with Gasteiger partial charge in [-0.1, -0.05) is 119 Å². The van der Waals surface area contributed by atoms with Crippen LogP contribution in [0.5, 0.6) is 0 Å². The molecule has 5 aromatic carbocycles. The van der Waals surface area contributed by atoms with Gasteiger partial charge in [-0.2, -0.15) is 0 Å². The molecule has 0 bridgehead atoms. The number of aliphatic hydroxyl groups is 1. The van der Waals surface area contributed by atoms with Crippen LogP contribution in [0.2, 0.25) is 0 Å².